The number of rotatable bonds is 6. The number of carbonyl (C=O) groups excluding carboxylic acids is 2. The van der Waals surface area contributed by atoms with Crippen LogP contribution in [0.1, 0.15) is 33.1 Å². The number of urea groups is 1. The first-order chi connectivity index (χ1) is 13.8. The highest BCUT2D eigenvalue weighted by atomic mass is 32.1. The number of benzene rings is 1. The molecule has 0 spiro atoms. The highest BCUT2D eigenvalue weighted by Gasteiger charge is 2.21. The second kappa shape index (κ2) is 8.82. The van der Waals surface area contributed by atoms with Crippen molar-refractivity contribution in [2.75, 3.05) is 12.4 Å². The molecule has 0 atom stereocenters. The van der Waals surface area contributed by atoms with Crippen LogP contribution in [0.4, 0.5) is 14.3 Å². The van der Waals surface area contributed by atoms with Crippen LogP contribution in [0, 0.1) is 19.7 Å². The Morgan fingerprint density at radius 1 is 1.31 bits per heavy atom. The van der Waals surface area contributed by atoms with Crippen molar-refractivity contribution in [3.63, 3.8) is 0 Å². The van der Waals surface area contributed by atoms with E-state index in [2.05, 4.69) is 20.8 Å². The number of nitrogens with one attached hydrogen (secondary N) is 2. The van der Waals surface area contributed by atoms with Gasteiger partial charge in [-0.15, -0.1) is 11.3 Å². The van der Waals surface area contributed by atoms with E-state index in [0.717, 1.165) is 0 Å². The van der Waals surface area contributed by atoms with Gasteiger partial charge in [0.1, 0.15) is 17.1 Å². The lowest BCUT2D eigenvalue weighted by atomic mass is 10.2. The van der Waals surface area contributed by atoms with E-state index < -0.39 is 6.03 Å². The molecule has 29 heavy (non-hydrogen) atoms. The van der Waals surface area contributed by atoms with Crippen LogP contribution in [0.2, 0.25) is 0 Å². The van der Waals surface area contributed by atoms with Gasteiger partial charge in [0.2, 0.25) is 0 Å². The van der Waals surface area contributed by atoms with Gasteiger partial charge in [-0.1, -0.05) is 17.3 Å². The predicted molar refractivity (Wildman–Crippen MR) is 106 cm³/mol. The van der Waals surface area contributed by atoms with Crippen molar-refractivity contribution in [1.29, 1.82) is 0 Å². The minimum Gasteiger partial charge on any atom is -0.361 e. The molecule has 0 fully saturated rings. The van der Waals surface area contributed by atoms with E-state index in [-0.39, 0.29) is 24.8 Å². The fourth-order valence-electron chi connectivity index (χ4n) is 2.70. The third-order valence-electron chi connectivity index (χ3n) is 4.11. The molecule has 2 heterocycles. The number of aryl methyl sites for hydroxylation is 2. The summed E-state index contributed by atoms with van der Waals surface area (Å²) in [6.07, 6.45) is 0. The molecule has 0 bridgehead atoms. The number of thiazole rings is 1. The molecule has 152 valence electrons. The average Bonchev–Trinajstić information content (AvgIpc) is 3.25. The zero-order valence-electron chi connectivity index (χ0n) is 16.2. The Bertz CT molecular complexity index is 1010. The lowest BCUT2D eigenvalue weighted by molar-refractivity contribution is 0.0781. The Morgan fingerprint density at radius 2 is 2.10 bits per heavy atom. The van der Waals surface area contributed by atoms with E-state index in [0.29, 0.717) is 33.4 Å². The first-order valence-corrected chi connectivity index (χ1v) is 9.63. The number of halogens is 1. The number of aromatic nitrogens is 2. The van der Waals surface area contributed by atoms with Crippen molar-refractivity contribution < 1.29 is 18.5 Å². The maximum absolute atomic E-state index is 13.2. The van der Waals surface area contributed by atoms with Gasteiger partial charge in [-0.05, 0) is 31.5 Å². The lowest BCUT2D eigenvalue weighted by Crippen LogP contribution is -2.28. The van der Waals surface area contributed by atoms with Crippen LogP contribution in [0.15, 0.2) is 34.2 Å². The van der Waals surface area contributed by atoms with Crippen molar-refractivity contribution >= 4 is 28.4 Å². The van der Waals surface area contributed by atoms with Crippen molar-refractivity contribution in [1.82, 2.24) is 20.4 Å². The molecule has 8 nitrogen and oxygen atoms in total. The fraction of sp³-hybridized carbons (Fsp3) is 0.263. The molecule has 0 radical (unpaired) electrons. The highest BCUT2D eigenvalue weighted by molar-refractivity contribution is 7.13. The smallest absolute Gasteiger partial charge is 0.321 e. The number of amides is 3. The van der Waals surface area contributed by atoms with E-state index in [1.807, 2.05) is 0 Å². The van der Waals surface area contributed by atoms with E-state index in [9.17, 15) is 14.0 Å². The monoisotopic (exact) mass is 417 g/mol. The summed E-state index contributed by atoms with van der Waals surface area (Å²) >= 11 is 1.25. The van der Waals surface area contributed by atoms with E-state index in [1.54, 1.807) is 38.4 Å². The Labute approximate surface area is 170 Å². The summed E-state index contributed by atoms with van der Waals surface area (Å²) in [4.78, 5) is 30.4. The minimum atomic E-state index is -0.449. The summed E-state index contributed by atoms with van der Waals surface area (Å²) in [6.45, 7) is 3.86. The van der Waals surface area contributed by atoms with Crippen LogP contribution in [-0.2, 0) is 13.1 Å². The number of hydrogen-bond acceptors (Lipinski definition) is 6. The molecular weight excluding hydrogens is 397 g/mol. The SMILES string of the molecule is Cc1noc(C)c1C(=O)N(C)Cc1csc(NC(=O)NCc2cccc(F)c2)n1. The summed E-state index contributed by atoms with van der Waals surface area (Å²) in [6, 6.07) is 5.55. The predicted octanol–water partition coefficient (Wildman–Crippen LogP) is 3.48. The average molecular weight is 417 g/mol. The Hall–Kier alpha value is -3.27. The Kier molecular flexibility index (Phi) is 6.23. The van der Waals surface area contributed by atoms with Crippen molar-refractivity contribution in [2.24, 2.45) is 0 Å². The molecule has 3 amide bonds. The molecule has 0 aliphatic carbocycles. The van der Waals surface area contributed by atoms with Gasteiger partial charge >= 0.3 is 6.03 Å². The normalized spacial score (nSPS) is 10.6. The summed E-state index contributed by atoms with van der Waals surface area (Å²) in [5, 5.41) is 11.2. The van der Waals surface area contributed by atoms with Gasteiger partial charge in [0, 0.05) is 19.0 Å². The molecule has 0 saturated heterocycles. The topological polar surface area (TPSA) is 100 Å². The molecule has 10 heteroatoms. The molecule has 0 saturated carbocycles. The first kappa shape index (κ1) is 20.5. The quantitative estimate of drug-likeness (QED) is 0.640. The Balaban J connectivity index is 1.53. The minimum absolute atomic E-state index is 0.191. The molecule has 0 unspecified atom stereocenters. The Morgan fingerprint density at radius 3 is 2.79 bits per heavy atom. The zero-order chi connectivity index (χ0) is 21.0. The fourth-order valence-corrected chi connectivity index (χ4v) is 3.40. The summed E-state index contributed by atoms with van der Waals surface area (Å²) in [5.74, 6) is -0.101. The molecule has 0 aliphatic heterocycles. The van der Waals surface area contributed by atoms with Crippen LogP contribution < -0.4 is 10.6 Å². The summed E-state index contributed by atoms with van der Waals surface area (Å²) in [5.41, 5.74) is 2.27. The van der Waals surface area contributed by atoms with Gasteiger partial charge in [-0.2, -0.15) is 0 Å². The van der Waals surface area contributed by atoms with Crippen LogP contribution in [0.5, 0.6) is 0 Å². The van der Waals surface area contributed by atoms with Crippen LogP contribution in [0.3, 0.4) is 0 Å². The molecule has 3 rings (SSSR count). The van der Waals surface area contributed by atoms with E-state index in [4.69, 9.17) is 4.52 Å². The number of nitrogens with zero attached hydrogens (tertiary/aromatic N) is 3. The number of carbonyl (C=O) groups is 2. The molecule has 2 aromatic heterocycles. The second-order valence-electron chi connectivity index (χ2n) is 6.44. The lowest BCUT2D eigenvalue weighted by Gasteiger charge is -2.15. The maximum atomic E-state index is 13.2. The van der Waals surface area contributed by atoms with Crippen LogP contribution in [0.25, 0.3) is 0 Å². The first-order valence-electron chi connectivity index (χ1n) is 8.75. The van der Waals surface area contributed by atoms with Crippen molar-refractivity contribution in [2.45, 2.75) is 26.9 Å². The van der Waals surface area contributed by atoms with Crippen molar-refractivity contribution in [3.8, 4) is 0 Å². The van der Waals surface area contributed by atoms with E-state index in [1.165, 1.54) is 28.4 Å². The zero-order valence-corrected chi connectivity index (χ0v) is 17.0. The standard InChI is InChI=1S/C19H20FN5O3S/c1-11-16(12(2)28-24-11)17(26)25(3)9-15-10-29-19(22-15)23-18(27)21-8-13-5-4-6-14(20)7-13/h4-7,10H,8-9H2,1-3H3,(H2,21,22,23,27). The van der Waals surface area contributed by atoms with Gasteiger partial charge in [-0.25, -0.2) is 14.2 Å². The highest BCUT2D eigenvalue weighted by Crippen LogP contribution is 2.19. The molecule has 1 aromatic carbocycles. The van der Waals surface area contributed by atoms with Crippen molar-refractivity contribution in [3.05, 3.63) is 63.7 Å². The van der Waals surface area contributed by atoms with Gasteiger partial charge in [0.15, 0.2) is 5.13 Å². The molecular formula is C19H20FN5O3S. The molecule has 0 aliphatic rings. The van der Waals surface area contributed by atoms with Gasteiger partial charge in [0.25, 0.3) is 5.91 Å². The van der Waals surface area contributed by atoms with E-state index >= 15 is 0 Å². The third-order valence-corrected chi connectivity index (χ3v) is 4.91. The number of hydrogen-bond donors (Lipinski definition) is 2. The van der Waals surface area contributed by atoms with Gasteiger partial charge < -0.3 is 14.7 Å². The second-order valence-corrected chi connectivity index (χ2v) is 7.30. The van der Waals surface area contributed by atoms with Gasteiger partial charge in [-0.3, -0.25) is 10.1 Å². The van der Waals surface area contributed by atoms with Gasteiger partial charge in [0.05, 0.1) is 17.9 Å². The molecule has 3 aromatic rings. The van der Waals surface area contributed by atoms with Crippen LogP contribution >= 0.6 is 11.3 Å². The largest absolute Gasteiger partial charge is 0.361 e. The number of anilines is 1. The molecule has 2 N–H and O–H groups in total. The third kappa shape index (κ3) is 5.17. The van der Waals surface area contributed by atoms with Crippen LogP contribution in [-0.4, -0.2) is 34.0 Å². The summed E-state index contributed by atoms with van der Waals surface area (Å²) in [7, 11) is 1.66. The summed E-state index contributed by atoms with van der Waals surface area (Å²) < 4.78 is 18.2. The maximum Gasteiger partial charge on any atom is 0.321 e.